The number of hydrogen-bond acceptors (Lipinski definition) is 3. The molecule has 5 heterocycles. The first-order valence-corrected chi connectivity index (χ1v) is 17.1. The van der Waals surface area contributed by atoms with Gasteiger partial charge in [-0.05, 0) is 59.7 Å². The van der Waals surface area contributed by atoms with Gasteiger partial charge in [0.2, 0.25) is 0 Å². The Labute approximate surface area is 286 Å². The van der Waals surface area contributed by atoms with Crippen LogP contribution < -0.4 is 0 Å². The number of fused-ring (bicyclic) bond motifs is 3. The highest BCUT2D eigenvalue weighted by molar-refractivity contribution is 6.13. The van der Waals surface area contributed by atoms with E-state index >= 15 is 0 Å². The molecule has 49 heavy (non-hydrogen) atoms. The van der Waals surface area contributed by atoms with Gasteiger partial charge in [0.15, 0.2) is 0 Å². The van der Waals surface area contributed by atoms with Gasteiger partial charge in [0.25, 0.3) is 0 Å². The van der Waals surface area contributed by atoms with Crippen LogP contribution in [0.15, 0.2) is 134 Å². The Morgan fingerprint density at radius 3 is 1.78 bits per heavy atom. The average molecular weight is 641 g/mol. The molecule has 0 saturated heterocycles. The molecule has 1 aliphatic heterocycles. The van der Waals surface area contributed by atoms with Crippen LogP contribution in [-0.2, 0) is 21.9 Å². The zero-order valence-electron chi connectivity index (χ0n) is 28.9. The normalized spacial score (nSPS) is 17.4. The molecule has 242 valence electrons. The summed E-state index contributed by atoms with van der Waals surface area (Å²) in [5.41, 5.74) is 7.56. The van der Waals surface area contributed by atoms with Gasteiger partial charge in [-0.15, -0.1) is 0 Å². The van der Waals surface area contributed by atoms with E-state index in [1.807, 2.05) is 24.5 Å². The number of rotatable bonds is 6. The minimum absolute atomic E-state index is 0.189. The van der Waals surface area contributed by atoms with E-state index in [-0.39, 0.29) is 10.8 Å². The molecule has 0 spiro atoms. The third-order valence-electron chi connectivity index (χ3n) is 12.1. The zero-order valence-corrected chi connectivity index (χ0v) is 28.9. The molecule has 6 heteroatoms. The summed E-state index contributed by atoms with van der Waals surface area (Å²) in [5.74, 6) is 0. The van der Waals surface area contributed by atoms with Crippen LogP contribution in [0.25, 0.3) is 27.3 Å². The Morgan fingerprint density at radius 2 is 1.16 bits per heavy atom. The highest BCUT2D eigenvalue weighted by Crippen LogP contribution is 2.54. The van der Waals surface area contributed by atoms with Gasteiger partial charge in [0, 0.05) is 46.4 Å². The minimum Gasteiger partial charge on any atom is -0.295 e. The van der Waals surface area contributed by atoms with E-state index in [1.165, 1.54) is 33.1 Å². The van der Waals surface area contributed by atoms with E-state index in [0.29, 0.717) is 0 Å². The van der Waals surface area contributed by atoms with Gasteiger partial charge in [0.05, 0.1) is 16.9 Å². The summed E-state index contributed by atoms with van der Waals surface area (Å²) in [6.07, 6.45) is 7.86. The molecular formula is C43H40N6. The standard InChI is InChI=1S/C43H40N6/c1-40(2)35-21-13-20-33-32-23-22-31(42(5,47-26-14-24-44-47)29-16-9-7-10-17-29)28-34(32)39-46-37(38(41(40,3)4)49(39)36(33)35)43(6,48-27-15-25-45-48)30-18-11-8-12-19-30/h7-28H,1-6H3/t42?,43-/m0/s1. The number of hydrogen-bond donors (Lipinski definition) is 0. The molecule has 4 aromatic heterocycles. The number of benzene rings is 4. The SMILES string of the molecule is CC(c1ccccc1)(c1ccc2c(c1)c1nc([C@](C)(c3ccccc3)n3cccn3)c3n1c1c(cccc21)C(C)(C)C3(C)C)n1cccn1. The Bertz CT molecular complexity index is 2510. The Morgan fingerprint density at radius 1 is 0.551 bits per heavy atom. The predicted octanol–water partition coefficient (Wildman–Crippen LogP) is 9.23. The van der Waals surface area contributed by atoms with Gasteiger partial charge in [-0.2, -0.15) is 10.2 Å². The number of aromatic nitrogens is 6. The van der Waals surface area contributed by atoms with Crippen molar-refractivity contribution in [3.63, 3.8) is 0 Å². The monoisotopic (exact) mass is 640 g/mol. The van der Waals surface area contributed by atoms with E-state index in [1.54, 1.807) is 0 Å². The molecule has 1 aliphatic rings. The summed E-state index contributed by atoms with van der Waals surface area (Å²) >= 11 is 0. The predicted molar refractivity (Wildman–Crippen MR) is 197 cm³/mol. The molecule has 0 N–H and O–H groups in total. The van der Waals surface area contributed by atoms with E-state index in [2.05, 4.69) is 165 Å². The van der Waals surface area contributed by atoms with Gasteiger partial charge in [-0.3, -0.25) is 13.8 Å². The third-order valence-corrected chi connectivity index (χ3v) is 12.1. The highest BCUT2D eigenvalue weighted by Gasteiger charge is 2.51. The van der Waals surface area contributed by atoms with Crippen LogP contribution in [-0.4, -0.2) is 28.9 Å². The second kappa shape index (κ2) is 10.0. The minimum atomic E-state index is -0.671. The first kappa shape index (κ1) is 29.6. The maximum absolute atomic E-state index is 5.80. The average Bonchev–Trinajstić information content (AvgIpc) is 3.93. The topological polar surface area (TPSA) is 52.9 Å². The van der Waals surface area contributed by atoms with Crippen molar-refractivity contribution < 1.29 is 0 Å². The fraction of sp³-hybridized carbons (Fsp3) is 0.233. The van der Waals surface area contributed by atoms with Crippen molar-refractivity contribution in [2.45, 2.75) is 63.5 Å². The zero-order chi connectivity index (χ0) is 33.8. The lowest BCUT2D eigenvalue weighted by atomic mass is 9.59. The maximum Gasteiger partial charge on any atom is 0.145 e. The van der Waals surface area contributed by atoms with E-state index in [0.717, 1.165) is 27.9 Å². The summed E-state index contributed by atoms with van der Waals surface area (Å²) in [6.45, 7) is 14.1. The van der Waals surface area contributed by atoms with Gasteiger partial charge >= 0.3 is 0 Å². The van der Waals surface area contributed by atoms with Crippen molar-refractivity contribution in [2.75, 3.05) is 0 Å². The fourth-order valence-corrected chi connectivity index (χ4v) is 8.54. The smallest absolute Gasteiger partial charge is 0.145 e. The van der Waals surface area contributed by atoms with Crippen LogP contribution in [0.3, 0.4) is 0 Å². The molecule has 0 bridgehead atoms. The maximum atomic E-state index is 5.80. The second-order valence-corrected chi connectivity index (χ2v) is 15.0. The van der Waals surface area contributed by atoms with Gasteiger partial charge in [0.1, 0.15) is 16.7 Å². The highest BCUT2D eigenvalue weighted by atomic mass is 15.3. The summed E-state index contributed by atoms with van der Waals surface area (Å²) in [6, 6.07) is 39.2. The van der Waals surface area contributed by atoms with Crippen molar-refractivity contribution >= 4 is 27.3 Å². The molecule has 0 saturated carbocycles. The molecule has 1 unspecified atom stereocenters. The first-order chi connectivity index (χ1) is 23.6. The number of nitrogens with zero attached hydrogens (tertiary/aromatic N) is 6. The van der Waals surface area contributed by atoms with Crippen molar-refractivity contribution in [2.24, 2.45) is 0 Å². The van der Waals surface area contributed by atoms with Crippen molar-refractivity contribution in [1.29, 1.82) is 0 Å². The van der Waals surface area contributed by atoms with Crippen LogP contribution in [0.1, 0.15) is 75.2 Å². The molecule has 2 atom stereocenters. The van der Waals surface area contributed by atoms with Crippen LogP contribution in [0.4, 0.5) is 0 Å². The molecular weight excluding hydrogens is 601 g/mol. The van der Waals surface area contributed by atoms with Crippen LogP contribution in [0.5, 0.6) is 0 Å². The van der Waals surface area contributed by atoms with Gasteiger partial charge in [-0.25, -0.2) is 4.98 Å². The summed E-state index contributed by atoms with van der Waals surface area (Å²) in [7, 11) is 0. The molecule has 0 fully saturated rings. The van der Waals surface area contributed by atoms with E-state index < -0.39 is 11.1 Å². The summed E-state index contributed by atoms with van der Waals surface area (Å²) in [4.78, 5) is 5.80. The third kappa shape index (κ3) is 3.74. The van der Waals surface area contributed by atoms with Gasteiger partial charge < -0.3 is 0 Å². The first-order valence-electron chi connectivity index (χ1n) is 17.1. The molecule has 6 nitrogen and oxygen atoms in total. The summed E-state index contributed by atoms with van der Waals surface area (Å²) in [5, 5.41) is 13.2. The van der Waals surface area contributed by atoms with Crippen LogP contribution >= 0.6 is 0 Å². The number of para-hydroxylation sites is 1. The molecule has 9 rings (SSSR count). The van der Waals surface area contributed by atoms with Crippen molar-refractivity contribution in [3.8, 4) is 0 Å². The molecule has 4 aromatic carbocycles. The lowest BCUT2D eigenvalue weighted by Crippen LogP contribution is -2.46. The van der Waals surface area contributed by atoms with E-state index in [9.17, 15) is 0 Å². The Kier molecular flexibility index (Phi) is 6.06. The fourth-order valence-electron chi connectivity index (χ4n) is 8.54. The quantitative estimate of drug-likeness (QED) is 0.170. The summed E-state index contributed by atoms with van der Waals surface area (Å²) < 4.78 is 6.65. The second-order valence-electron chi connectivity index (χ2n) is 15.0. The van der Waals surface area contributed by atoms with Crippen LogP contribution in [0.2, 0.25) is 0 Å². The van der Waals surface area contributed by atoms with Gasteiger partial charge in [-0.1, -0.05) is 119 Å². The Hall–Kier alpha value is -5.49. The molecule has 0 amide bonds. The molecule has 0 aliphatic carbocycles. The van der Waals surface area contributed by atoms with E-state index in [4.69, 9.17) is 15.2 Å². The largest absolute Gasteiger partial charge is 0.295 e. The Balaban J connectivity index is 1.47. The van der Waals surface area contributed by atoms with Crippen molar-refractivity contribution in [3.05, 3.63) is 168 Å². The lowest BCUT2D eigenvalue weighted by molar-refractivity contribution is 0.278. The van der Waals surface area contributed by atoms with Crippen LogP contribution in [0, 0.1) is 0 Å². The molecule has 8 aromatic rings. The lowest BCUT2D eigenvalue weighted by Gasteiger charge is -2.47. The number of imidazole rings is 1. The van der Waals surface area contributed by atoms with Crippen molar-refractivity contribution in [1.82, 2.24) is 28.9 Å². The molecule has 0 radical (unpaired) electrons. The number of pyridine rings is 1.